The number of hydrogen-bond acceptors (Lipinski definition) is 6. The lowest BCUT2D eigenvalue weighted by molar-refractivity contribution is -0.157. The Morgan fingerprint density at radius 3 is 2.39 bits per heavy atom. The van der Waals surface area contributed by atoms with Crippen LogP contribution >= 0.6 is 0 Å². The molecule has 0 amide bonds. The molecule has 130 valence electrons. The van der Waals surface area contributed by atoms with Crippen molar-refractivity contribution in [1.82, 2.24) is 0 Å². The first-order valence-electron chi connectivity index (χ1n) is 7.65. The highest BCUT2D eigenvalue weighted by Crippen LogP contribution is 2.33. The van der Waals surface area contributed by atoms with Gasteiger partial charge in [-0.25, -0.2) is 4.79 Å². The molecule has 0 aromatic heterocycles. The van der Waals surface area contributed by atoms with Crippen LogP contribution in [-0.2, 0) is 22.6 Å². The SMILES string of the molecule is CCOc1cc(CCO)cc(CO)c1OCC(=O)OC(C)(C)C. The Balaban J connectivity index is 2.96. The van der Waals surface area contributed by atoms with Gasteiger partial charge in [-0.3, -0.25) is 0 Å². The molecular weight excluding hydrogens is 300 g/mol. The molecule has 1 aromatic rings. The minimum absolute atomic E-state index is 0.00541. The van der Waals surface area contributed by atoms with Crippen molar-refractivity contribution in [2.24, 2.45) is 0 Å². The van der Waals surface area contributed by atoms with Crippen molar-refractivity contribution in [2.75, 3.05) is 19.8 Å². The molecule has 0 aliphatic rings. The lowest BCUT2D eigenvalue weighted by Gasteiger charge is -2.21. The van der Waals surface area contributed by atoms with Gasteiger partial charge in [0.1, 0.15) is 5.60 Å². The van der Waals surface area contributed by atoms with Crippen molar-refractivity contribution in [1.29, 1.82) is 0 Å². The summed E-state index contributed by atoms with van der Waals surface area (Å²) in [6, 6.07) is 3.46. The average molecular weight is 326 g/mol. The van der Waals surface area contributed by atoms with Gasteiger partial charge in [0.05, 0.1) is 13.2 Å². The first-order valence-corrected chi connectivity index (χ1v) is 7.65. The zero-order valence-electron chi connectivity index (χ0n) is 14.2. The van der Waals surface area contributed by atoms with Crippen LogP contribution in [-0.4, -0.2) is 41.6 Å². The fourth-order valence-electron chi connectivity index (χ4n) is 2.04. The van der Waals surface area contributed by atoms with Crippen LogP contribution in [0.4, 0.5) is 0 Å². The summed E-state index contributed by atoms with van der Waals surface area (Å²) < 4.78 is 16.3. The number of hydrogen-bond donors (Lipinski definition) is 2. The van der Waals surface area contributed by atoms with E-state index in [1.807, 2.05) is 6.92 Å². The molecule has 0 atom stereocenters. The summed E-state index contributed by atoms with van der Waals surface area (Å²) in [5.74, 6) is 0.260. The lowest BCUT2D eigenvalue weighted by atomic mass is 10.1. The minimum atomic E-state index is -0.589. The zero-order valence-corrected chi connectivity index (χ0v) is 14.2. The van der Waals surface area contributed by atoms with Gasteiger partial charge in [0, 0.05) is 12.2 Å². The maximum absolute atomic E-state index is 11.8. The molecule has 0 heterocycles. The monoisotopic (exact) mass is 326 g/mol. The standard InChI is InChI=1S/C17H26O6/c1-5-21-14-9-12(6-7-18)8-13(10-19)16(14)22-11-15(20)23-17(2,3)4/h8-9,18-19H,5-7,10-11H2,1-4H3. The van der Waals surface area contributed by atoms with Crippen molar-refractivity contribution in [3.8, 4) is 11.5 Å². The van der Waals surface area contributed by atoms with Gasteiger partial charge >= 0.3 is 5.97 Å². The van der Waals surface area contributed by atoms with Gasteiger partial charge in [-0.1, -0.05) is 0 Å². The predicted octanol–water partition coefficient (Wildman–Crippen LogP) is 1.83. The third-order valence-electron chi connectivity index (χ3n) is 2.82. The number of ether oxygens (including phenoxy) is 3. The number of esters is 1. The molecule has 0 spiro atoms. The molecule has 0 saturated carbocycles. The molecule has 2 N–H and O–H groups in total. The van der Waals surface area contributed by atoms with Crippen LogP contribution in [0.5, 0.6) is 11.5 Å². The Bertz CT molecular complexity index is 519. The van der Waals surface area contributed by atoms with Crippen LogP contribution in [0.2, 0.25) is 0 Å². The number of aliphatic hydroxyl groups is 2. The Kier molecular flexibility index (Phi) is 7.32. The highest BCUT2D eigenvalue weighted by Gasteiger charge is 2.19. The Labute approximate surface area is 137 Å². The maximum Gasteiger partial charge on any atom is 0.344 e. The second-order valence-electron chi connectivity index (χ2n) is 6.02. The smallest absolute Gasteiger partial charge is 0.344 e. The third-order valence-corrected chi connectivity index (χ3v) is 2.82. The van der Waals surface area contributed by atoms with Crippen molar-refractivity contribution in [3.05, 3.63) is 23.3 Å². The Hall–Kier alpha value is -1.79. The van der Waals surface area contributed by atoms with E-state index in [1.165, 1.54) is 0 Å². The molecule has 0 aliphatic heterocycles. The molecule has 0 fully saturated rings. The van der Waals surface area contributed by atoms with Gasteiger partial charge in [-0.2, -0.15) is 0 Å². The molecule has 0 saturated heterocycles. The van der Waals surface area contributed by atoms with E-state index < -0.39 is 11.6 Å². The fraction of sp³-hybridized carbons (Fsp3) is 0.588. The fourth-order valence-corrected chi connectivity index (χ4v) is 2.04. The maximum atomic E-state index is 11.8. The number of carbonyl (C=O) groups is 1. The van der Waals surface area contributed by atoms with Crippen LogP contribution in [0.15, 0.2) is 12.1 Å². The number of aliphatic hydroxyl groups excluding tert-OH is 2. The highest BCUT2D eigenvalue weighted by molar-refractivity contribution is 5.71. The van der Waals surface area contributed by atoms with Crippen LogP contribution in [0.25, 0.3) is 0 Å². The number of carbonyl (C=O) groups excluding carboxylic acids is 1. The van der Waals surface area contributed by atoms with Gasteiger partial charge in [-0.05, 0) is 51.8 Å². The van der Waals surface area contributed by atoms with E-state index in [0.717, 1.165) is 5.56 Å². The van der Waals surface area contributed by atoms with Gasteiger partial charge in [0.25, 0.3) is 0 Å². The summed E-state index contributed by atoms with van der Waals surface area (Å²) in [5.41, 5.74) is 0.737. The highest BCUT2D eigenvalue weighted by atomic mass is 16.6. The topological polar surface area (TPSA) is 85.2 Å². The van der Waals surface area contributed by atoms with E-state index in [-0.39, 0.29) is 19.8 Å². The first kappa shape index (κ1) is 19.3. The van der Waals surface area contributed by atoms with Crippen molar-refractivity contribution >= 4 is 5.97 Å². The normalized spacial score (nSPS) is 11.2. The largest absolute Gasteiger partial charge is 0.490 e. The van der Waals surface area contributed by atoms with Crippen LogP contribution in [0.3, 0.4) is 0 Å². The quantitative estimate of drug-likeness (QED) is 0.709. The summed E-state index contributed by atoms with van der Waals surface area (Å²) in [6.07, 6.45) is 0.444. The molecule has 0 radical (unpaired) electrons. The molecule has 23 heavy (non-hydrogen) atoms. The minimum Gasteiger partial charge on any atom is -0.490 e. The van der Waals surface area contributed by atoms with E-state index in [2.05, 4.69) is 0 Å². The van der Waals surface area contributed by atoms with Gasteiger partial charge in [0.15, 0.2) is 18.1 Å². The van der Waals surface area contributed by atoms with Gasteiger partial charge in [0.2, 0.25) is 0 Å². The molecule has 6 nitrogen and oxygen atoms in total. The van der Waals surface area contributed by atoms with E-state index in [9.17, 15) is 9.90 Å². The lowest BCUT2D eigenvalue weighted by Crippen LogP contribution is -2.27. The van der Waals surface area contributed by atoms with Crippen LogP contribution in [0.1, 0.15) is 38.8 Å². The van der Waals surface area contributed by atoms with Crippen LogP contribution in [0, 0.1) is 0 Å². The summed E-state index contributed by atoms with van der Waals surface area (Å²) in [4.78, 5) is 11.8. The molecule has 0 bridgehead atoms. The van der Waals surface area contributed by atoms with Gasteiger partial charge < -0.3 is 24.4 Å². The number of rotatable bonds is 8. The number of benzene rings is 1. The van der Waals surface area contributed by atoms with E-state index in [1.54, 1.807) is 32.9 Å². The van der Waals surface area contributed by atoms with Crippen molar-refractivity contribution in [3.63, 3.8) is 0 Å². The van der Waals surface area contributed by atoms with Crippen LogP contribution < -0.4 is 9.47 Å². The molecule has 0 unspecified atom stereocenters. The van der Waals surface area contributed by atoms with E-state index in [4.69, 9.17) is 19.3 Å². The Morgan fingerprint density at radius 2 is 1.87 bits per heavy atom. The molecule has 6 heteroatoms. The predicted molar refractivity (Wildman–Crippen MR) is 85.7 cm³/mol. The van der Waals surface area contributed by atoms with E-state index >= 15 is 0 Å². The van der Waals surface area contributed by atoms with Crippen molar-refractivity contribution in [2.45, 2.75) is 46.3 Å². The van der Waals surface area contributed by atoms with E-state index in [0.29, 0.717) is 30.1 Å². The molecule has 0 aliphatic carbocycles. The first-order chi connectivity index (χ1) is 10.8. The summed E-state index contributed by atoms with van der Waals surface area (Å²) in [6.45, 7) is 7.03. The summed E-state index contributed by atoms with van der Waals surface area (Å²) in [5, 5.41) is 18.6. The molecular formula is C17H26O6. The second kappa shape index (κ2) is 8.74. The van der Waals surface area contributed by atoms with Crippen molar-refractivity contribution < 1.29 is 29.2 Å². The zero-order chi connectivity index (χ0) is 17.5. The van der Waals surface area contributed by atoms with Gasteiger partial charge in [-0.15, -0.1) is 0 Å². The molecule has 1 aromatic carbocycles. The second-order valence-corrected chi connectivity index (χ2v) is 6.02. The average Bonchev–Trinajstić information content (AvgIpc) is 2.44. The molecule has 1 rings (SSSR count). The summed E-state index contributed by atoms with van der Waals surface area (Å²) >= 11 is 0. The Morgan fingerprint density at radius 1 is 1.17 bits per heavy atom. The summed E-state index contributed by atoms with van der Waals surface area (Å²) in [7, 11) is 0. The third kappa shape index (κ3) is 6.46.